The van der Waals surface area contributed by atoms with Crippen molar-refractivity contribution in [2.75, 3.05) is 46.5 Å². The van der Waals surface area contributed by atoms with Crippen LogP contribution in [0.5, 0.6) is 11.5 Å². The largest absolute Gasteiger partial charge is 0.486 e. The number of ether oxygens (including phenoxy) is 3. The molecule has 2 N–H and O–H groups in total. The third-order valence-corrected chi connectivity index (χ3v) is 6.89. The zero-order chi connectivity index (χ0) is 22.4. The number of nitrogens with zero attached hydrogens (tertiary/aromatic N) is 2. The van der Waals surface area contributed by atoms with Crippen LogP contribution >= 0.6 is 0 Å². The topological polar surface area (TPSA) is 84.4 Å². The van der Waals surface area contributed by atoms with Gasteiger partial charge < -0.3 is 29.7 Å². The van der Waals surface area contributed by atoms with Crippen molar-refractivity contribution in [3.8, 4) is 11.5 Å². The van der Waals surface area contributed by atoms with Gasteiger partial charge in [0.15, 0.2) is 17.5 Å². The molecule has 0 bridgehead atoms. The Labute approximate surface area is 190 Å². The van der Waals surface area contributed by atoms with E-state index in [-0.39, 0.29) is 11.5 Å². The highest BCUT2D eigenvalue weighted by molar-refractivity contribution is 5.80. The summed E-state index contributed by atoms with van der Waals surface area (Å²) in [5.41, 5.74) is 1.38. The fourth-order valence-electron chi connectivity index (χ4n) is 5.05. The van der Waals surface area contributed by atoms with Gasteiger partial charge >= 0.3 is 6.09 Å². The Morgan fingerprint density at radius 3 is 2.59 bits per heavy atom. The lowest BCUT2D eigenvalue weighted by atomic mass is 9.78. The summed E-state index contributed by atoms with van der Waals surface area (Å²) in [6.07, 6.45) is 6.31. The molecule has 1 saturated carbocycles. The third kappa shape index (κ3) is 5.05. The van der Waals surface area contributed by atoms with Crippen LogP contribution in [-0.4, -0.2) is 69.5 Å². The van der Waals surface area contributed by atoms with Crippen LogP contribution in [0.15, 0.2) is 23.2 Å². The molecule has 1 saturated heterocycles. The number of nitrogens with one attached hydrogen (secondary N) is 2. The molecular weight excluding hydrogens is 408 g/mol. The molecule has 176 valence electrons. The first kappa shape index (κ1) is 22.6. The van der Waals surface area contributed by atoms with E-state index in [1.165, 1.54) is 18.4 Å². The van der Waals surface area contributed by atoms with Gasteiger partial charge in [-0.25, -0.2) is 4.79 Å². The number of hydrogen-bond acceptors (Lipinski definition) is 5. The molecule has 1 aromatic carbocycles. The molecule has 1 aliphatic carbocycles. The SMILES string of the molecule is CCOC(=O)N1CCC(NC(=NC)NCC2(c3ccc4c(c3)OCCO4)CCCC2)CC1. The Hall–Kier alpha value is -2.64. The number of benzene rings is 1. The highest BCUT2D eigenvalue weighted by atomic mass is 16.6. The second-order valence-corrected chi connectivity index (χ2v) is 8.88. The molecule has 1 aromatic rings. The quantitative estimate of drug-likeness (QED) is 0.536. The molecule has 0 unspecified atom stereocenters. The molecule has 8 nitrogen and oxygen atoms in total. The molecule has 3 aliphatic rings. The summed E-state index contributed by atoms with van der Waals surface area (Å²) in [6.45, 7) is 5.70. The van der Waals surface area contributed by atoms with Crippen molar-refractivity contribution in [1.82, 2.24) is 15.5 Å². The van der Waals surface area contributed by atoms with E-state index < -0.39 is 0 Å². The molecule has 2 fully saturated rings. The Kier molecular flexibility index (Phi) is 7.27. The second kappa shape index (κ2) is 10.3. The second-order valence-electron chi connectivity index (χ2n) is 8.88. The highest BCUT2D eigenvalue weighted by Crippen LogP contribution is 2.43. The summed E-state index contributed by atoms with van der Waals surface area (Å²) in [5, 5.41) is 7.15. The van der Waals surface area contributed by atoms with E-state index in [4.69, 9.17) is 14.2 Å². The van der Waals surface area contributed by atoms with Crippen molar-refractivity contribution < 1.29 is 19.0 Å². The van der Waals surface area contributed by atoms with Gasteiger partial charge in [0.05, 0.1) is 6.61 Å². The van der Waals surface area contributed by atoms with E-state index in [1.807, 2.05) is 20.0 Å². The normalized spacial score (nSPS) is 20.7. The fourth-order valence-corrected chi connectivity index (χ4v) is 5.05. The summed E-state index contributed by atoms with van der Waals surface area (Å²) < 4.78 is 16.7. The number of carbonyl (C=O) groups excluding carboxylic acids is 1. The average molecular weight is 445 g/mol. The number of carbonyl (C=O) groups is 1. The number of amides is 1. The summed E-state index contributed by atoms with van der Waals surface area (Å²) in [5.74, 6) is 2.52. The molecular formula is C24H36N4O4. The average Bonchev–Trinajstić information content (AvgIpc) is 3.32. The zero-order valence-corrected chi connectivity index (χ0v) is 19.3. The molecule has 32 heavy (non-hydrogen) atoms. The van der Waals surface area contributed by atoms with Gasteiger partial charge in [-0.05, 0) is 50.3 Å². The molecule has 0 atom stereocenters. The van der Waals surface area contributed by atoms with E-state index in [1.54, 1.807) is 4.90 Å². The molecule has 4 rings (SSSR count). The van der Waals surface area contributed by atoms with Crippen molar-refractivity contribution >= 4 is 12.1 Å². The Morgan fingerprint density at radius 1 is 1.19 bits per heavy atom. The first-order chi connectivity index (χ1) is 15.6. The zero-order valence-electron chi connectivity index (χ0n) is 19.3. The van der Waals surface area contributed by atoms with Gasteiger partial charge in [0, 0.05) is 38.1 Å². The number of hydrogen-bond donors (Lipinski definition) is 2. The van der Waals surface area contributed by atoms with Gasteiger partial charge in [-0.1, -0.05) is 18.9 Å². The van der Waals surface area contributed by atoms with E-state index in [0.717, 1.165) is 49.7 Å². The Bertz CT molecular complexity index is 814. The van der Waals surface area contributed by atoms with E-state index in [0.29, 0.717) is 39.0 Å². The number of likely N-dealkylation sites (tertiary alicyclic amines) is 1. The van der Waals surface area contributed by atoms with E-state index >= 15 is 0 Å². The number of piperidine rings is 1. The van der Waals surface area contributed by atoms with E-state index in [9.17, 15) is 4.79 Å². The van der Waals surface area contributed by atoms with Crippen LogP contribution in [0.4, 0.5) is 4.79 Å². The first-order valence-corrected chi connectivity index (χ1v) is 11.9. The number of rotatable bonds is 5. The first-order valence-electron chi connectivity index (χ1n) is 11.9. The van der Waals surface area contributed by atoms with Crippen molar-refractivity contribution in [2.24, 2.45) is 4.99 Å². The summed E-state index contributed by atoms with van der Waals surface area (Å²) in [7, 11) is 1.81. The van der Waals surface area contributed by atoms with Crippen LogP contribution in [0.2, 0.25) is 0 Å². The minimum atomic E-state index is -0.212. The maximum atomic E-state index is 11.9. The molecule has 2 heterocycles. The smallest absolute Gasteiger partial charge is 0.409 e. The molecule has 8 heteroatoms. The molecule has 0 radical (unpaired) electrons. The maximum absolute atomic E-state index is 11.9. The lowest BCUT2D eigenvalue weighted by Crippen LogP contribution is -2.51. The Morgan fingerprint density at radius 2 is 1.91 bits per heavy atom. The van der Waals surface area contributed by atoms with Crippen LogP contribution in [-0.2, 0) is 10.2 Å². The van der Waals surface area contributed by atoms with Gasteiger partial charge in [-0.3, -0.25) is 4.99 Å². The number of guanidine groups is 1. The highest BCUT2D eigenvalue weighted by Gasteiger charge is 2.37. The van der Waals surface area contributed by atoms with Crippen molar-refractivity contribution in [3.63, 3.8) is 0 Å². The van der Waals surface area contributed by atoms with Crippen LogP contribution in [0.1, 0.15) is 51.0 Å². The van der Waals surface area contributed by atoms with Crippen molar-refractivity contribution in [1.29, 1.82) is 0 Å². The lowest BCUT2D eigenvalue weighted by molar-refractivity contribution is 0.0963. The van der Waals surface area contributed by atoms with Crippen LogP contribution in [0, 0.1) is 0 Å². The molecule has 0 spiro atoms. The monoisotopic (exact) mass is 444 g/mol. The maximum Gasteiger partial charge on any atom is 0.409 e. The van der Waals surface area contributed by atoms with E-state index in [2.05, 4.69) is 27.8 Å². The minimum absolute atomic E-state index is 0.0702. The predicted octanol–water partition coefficient (Wildman–Crippen LogP) is 3.06. The van der Waals surface area contributed by atoms with Gasteiger partial charge in [0.25, 0.3) is 0 Å². The fraction of sp³-hybridized carbons (Fsp3) is 0.667. The molecule has 1 amide bonds. The number of fused-ring (bicyclic) bond motifs is 1. The lowest BCUT2D eigenvalue weighted by Gasteiger charge is -2.34. The summed E-state index contributed by atoms with van der Waals surface area (Å²) >= 11 is 0. The Balaban J connectivity index is 1.35. The standard InChI is InChI=1S/C24H36N4O4/c1-3-30-23(29)28-12-8-19(9-13-28)27-22(25-2)26-17-24(10-4-5-11-24)18-6-7-20-21(16-18)32-15-14-31-20/h6-7,16,19H,3-5,8-15,17H2,1-2H3,(H2,25,26,27). The summed E-state index contributed by atoms with van der Waals surface area (Å²) in [6, 6.07) is 6.71. The van der Waals surface area contributed by atoms with Gasteiger partial charge in [0.2, 0.25) is 0 Å². The van der Waals surface area contributed by atoms with Gasteiger partial charge in [-0.15, -0.1) is 0 Å². The predicted molar refractivity (Wildman–Crippen MR) is 124 cm³/mol. The van der Waals surface area contributed by atoms with Crippen molar-refractivity contribution in [3.05, 3.63) is 23.8 Å². The molecule has 2 aliphatic heterocycles. The minimum Gasteiger partial charge on any atom is -0.486 e. The third-order valence-electron chi connectivity index (χ3n) is 6.89. The van der Waals surface area contributed by atoms with Crippen LogP contribution in [0.3, 0.4) is 0 Å². The van der Waals surface area contributed by atoms with Crippen molar-refractivity contribution in [2.45, 2.75) is 56.9 Å². The van der Waals surface area contributed by atoms with Gasteiger partial charge in [-0.2, -0.15) is 0 Å². The van der Waals surface area contributed by atoms with Crippen LogP contribution in [0.25, 0.3) is 0 Å². The summed E-state index contributed by atoms with van der Waals surface area (Å²) in [4.78, 5) is 18.2. The number of aliphatic imine (C=N–C) groups is 1. The molecule has 0 aromatic heterocycles. The van der Waals surface area contributed by atoms with Gasteiger partial charge in [0.1, 0.15) is 13.2 Å². The van der Waals surface area contributed by atoms with Crippen LogP contribution < -0.4 is 20.1 Å².